The number of rotatable bonds is 10. The maximum Gasteiger partial charge on any atom is 0.282 e. The average molecular weight is 454 g/mol. The minimum absolute atomic E-state index is 0.0633. The number of hydrogen-bond donors (Lipinski definition) is 1. The Morgan fingerprint density at radius 3 is 2.13 bits per heavy atom. The molecule has 1 N–H and O–H groups in total. The van der Waals surface area contributed by atoms with Crippen LogP contribution in [-0.4, -0.2) is 97.5 Å². The first kappa shape index (κ1) is 25.3. The standard InChI is InChI=1S/C21H35N5O4S/c1-5-24(6-2)21(28)18-10-9-11-19(16-18)22-20(27)17-23-12-14-26(15-13-23)31(29,30)25(7-3)8-4/h9-11,16H,5-8,12-15,17H2,1-4H3,(H,22,27). The van der Waals surface area contributed by atoms with Gasteiger partial charge in [0.25, 0.3) is 16.1 Å². The van der Waals surface area contributed by atoms with Gasteiger partial charge in [0, 0.05) is 63.6 Å². The first-order valence-electron chi connectivity index (χ1n) is 10.9. The van der Waals surface area contributed by atoms with Crippen molar-refractivity contribution in [2.75, 3.05) is 64.2 Å². The normalized spacial score (nSPS) is 15.8. The van der Waals surface area contributed by atoms with E-state index in [1.165, 1.54) is 8.61 Å². The molecule has 2 rings (SSSR count). The van der Waals surface area contributed by atoms with Crippen LogP contribution in [0, 0.1) is 0 Å². The van der Waals surface area contributed by atoms with Crippen LogP contribution in [-0.2, 0) is 15.0 Å². The van der Waals surface area contributed by atoms with E-state index >= 15 is 0 Å². The summed E-state index contributed by atoms with van der Waals surface area (Å²) in [6.07, 6.45) is 0. The molecule has 0 unspecified atom stereocenters. The number of carbonyl (C=O) groups excluding carboxylic acids is 2. The minimum atomic E-state index is -3.45. The lowest BCUT2D eigenvalue weighted by atomic mass is 10.1. The molecule has 174 valence electrons. The highest BCUT2D eigenvalue weighted by molar-refractivity contribution is 7.86. The van der Waals surface area contributed by atoms with Crippen LogP contribution in [0.1, 0.15) is 38.1 Å². The van der Waals surface area contributed by atoms with Crippen molar-refractivity contribution in [2.45, 2.75) is 27.7 Å². The molecule has 9 nitrogen and oxygen atoms in total. The van der Waals surface area contributed by atoms with E-state index in [-0.39, 0.29) is 18.4 Å². The Balaban J connectivity index is 1.91. The second-order valence-electron chi connectivity index (χ2n) is 7.37. The monoisotopic (exact) mass is 453 g/mol. The molecule has 0 aromatic heterocycles. The molecule has 0 radical (unpaired) electrons. The number of piperazine rings is 1. The van der Waals surface area contributed by atoms with Crippen molar-refractivity contribution in [2.24, 2.45) is 0 Å². The van der Waals surface area contributed by atoms with E-state index in [0.717, 1.165) is 0 Å². The number of anilines is 1. The van der Waals surface area contributed by atoms with Crippen molar-refractivity contribution in [1.82, 2.24) is 18.4 Å². The summed E-state index contributed by atoms with van der Waals surface area (Å²) in [5.41, 5.74) is 1.11. The lowest BCUT2D eigenvalue weighted by Crippen LogP contribution is -2.54. The van der Waals surface area contributed by atoms with E-state index in [1.54, 1.807) is 29.2 Å². The molecule has 0 bridgehead atoms. The SMILES string of the molecule is CCN(CC)C(=O)c1cccc(NC(=O)CN2CCN(S(=O)(=O)N(CC)CC)CC2)c1. The van der Waals surface area contributed by atoms with Crippen LogP contribution in [0.25, 0.3) is 0 Å². The molecule has 0 aliphatic carbocycles. The van der Waals surface area contributed by atoms with E-state index < -0.39 is 10.2 Å². The third kappa shape index (κ3) is 6.49. The second-order valence-corrected chi connectivity index (χ2v) is 9.30. The molecule has 1 aromatic rings. The maximum atomic E-state index is 12.6. The maximum absolute atomic E-state index is 12.6. The Morgan fingerprint density at radius 1 is 0.968 bits per heavy atom. The van der Waals surface area contributed by atoms with Crippen LogP contribution in [0.15, 0.2) is 24.3 Å². The molecule has 0 saturated carbocycles. The van der Waals surface area contributed by atoms with Crippen LogP contribution < -0.4 is 5.32 Å². The van der Waals surface area contributed by atoms with Gasteiger partial charge >= 0.3 is 0 Å². The van der Waals surface area contributed by atoms with Crippen molar-refractivity contribution < 1.29 is 18.0 Å². The zero-order valence-electron chi connectivity index (χ0n) is 19.0. The highest BCUT2D eigenvalue weighted by Crippen LogP contribution is 2.14. The molecule has 1 aliphatic heterocycles. The van der Waals surface area contributed by atoms with Gasteiger partial charge in [0.2, 0.25) is 5.91 Å². The summed E-state index contributed by atoms with van der Waals surface area (Å²) in [6, 6.07) is 6.94. The molecule has 1 saturated heterocycles. The lowest BCUT2D eigenvalue weighted by Gasteiger charge is -2.35. The Bertz CT molecular complexity index is 845. The van der Waals surface area contributed by atoms with E-state index in [9.17, 15) is 18.0 Å². The Kier molecular flexibility index (Phi) is 9.42. The van der Waals surface area contributed by atoms with Crippen LogP contribution in [0.5, 0.6) is 0 Å². The van der Waals surface area contributed by atoms with E-state index in [0.29, 0.717) is 63.6 Å². The number of amides is 2. The van der Waals surface area contributed by atoms with Crippen molar-refractivity contribution in [3.8, 4) is 0 Å². The molecule has 1 heterocycles. The third-order valence-corrected chi connectivity index (χ3v) is 7.69. The van der Waals surface area contributed by atoms with Gasteiger partial charge < -0.3 is 10.2 Å². The van der Waals surface area contributed by atoms with Gasteiger partial charge in [-0.05, 0) is 32.0 Å². The zero-order valence-corrected chi connectivity index (χ0v) is 19.8. The predicted octanol–water partition coefficient (Wildman–Crippen LogP) is 1.31. The minimum Gasteiger partial charge on any atom is -0.339 e. The van der Waals surface area contributed by atoms with Crippen molar-refractivity contribution >= 4 is 27.7 Å². The molecule has 0 atom stereocenters. The van der Waals surface area contributed by atoms with Crippen molar-refractivity contribution in [1.29, 1.82) is 0 Å². The molecule has 31 heavy (non-hydrogen) atoms. The molecule has 1 aliphatic rings. The van der Waals surface area contributed by atoms with Crippen molar-refractivity contribution in [3.63, 3.8) is 0 Å². The van der Waals surface area contributed by atoms with Crippen LogP contribution in [0.2, 0.25) is 0 Å². The number of nitrogens with one attached hydrogen (secondary N) is 1. The highest BCUT2D eigenvalue weighted by atomic mass is 32.2. The Labute approximate surface area is 186 Å². The second kappa shape index (κ2) is 11.6. The van der Waals surface area contributed by atoms with Crippen LogP contribution in [0.3, 0.4) is 0 Å². The van der Waals surface area contributed by atoms with Crippen molar-refractivity contribution in [3.05, 3.63) is 29.8 Å². The highest BCUT2D eigenvalue weighted by Gasteiger charge is 2.31. The average Bonchev–Trinajstić information content (AvgIpc) is 2.75. The molecule has 2 amide bonds. The summed E-state index contributed by atoms with van der Waals surface area (Å²) in [5.74, 6) is -0.251. The van der Waals surface area contributed by atoms with Gasteiger partial charge in [0.15, 0.2) is 0 Å². The summed E-state index contributed by atoms with van der Waals surface area (Å²) in [4.78, 5) is 28.7. The largest absolute Gasteiger partial charge is 0.339 e. The molecule has 0 spiro atoms. The number of carbonyl (C=O) groups is 2. The van der Waals surface area contributed by atoms with Crippen LogP contribution >= 0.6 is 0 Å². The quantitative estimate of drug-likeness (QED) is 0.577. The van der Waals surface area contributed by atoms with Gasteiger partial charge in [-0.1, -0.05) is 19.9 Å². The molecular weight excluding hydrogens is 418 g/mol. The van der Waals surface area contributed by atoms with E-state index in [2.05, 4.69) is 5.32 Å². The third-order valence-electron chi connectivity index (χ3n) is 5.50. The summed E-state index contributed by atoms with van der Waals surface area (Å²) < 4.78 is 28.2. The molecule has 10 heteroatoms. The first-order valence-corrected chi connectivity index (χ1v) is 12.3. The fourth-order valence-electron chi connectivity index (χ4n) is 3.66. The first-order chi connectivity index (χ1) is 14.8. The Morgan fingerprint density at radius 2 is 1.58 bits per heavy atom. The zero-order chi connectivity index (χ0) is 23.0. The van der Waals surface area contributed by atoms with Gasteiger partial charge in [-0.25, -0.2) is 0 Å². The van der Waals surface area contributed by atoms with E-state index in [4.69, 9.17) is 0 Å². The van der Waals surface area contributed by atoms with Gasteiger partial charge in [-0.2, -0.15) is 17.0 Å². The summed E-state index contributed by atoms with van der Waals surface area (Å²) in [7, 11) is -3.45. The number of benzene rings is 1. The summed E-state index contributed by atoms with van der Waals surface area (Å²) in [6.45, 7) is 11.5. The number of nitrogens with zero attached hydrogens (tertiary/aromatic N) is 4. The summed E-state index contributed by atoms with van der Waals surface area (Å²) >= 11 is 0. The molecule has 1 fully saturated rings. The molecular formula is C21H35N5O4S. The van der Waals surface area contributed by atoms with E-state index in [1.807, 2.05) is 32.6 Å². The fourth-order valence-corrected chi connectivity index (χ4v) is 5.26. The molecule has 1 aromatic carbocycles. The predicted molar refractivity (Wildman–Crippen MR) is 122 cm³/mol. The lowest BCUT2D eigenvalue weighted by molar-refractivity contribution is -0.117. The van der Waals surface area contributed by atoms with Gasteiger partial charge in [0.05, 0.1) is 6.54 Å². The smallest absolute Gasteiger partial charge is 0.282 e. The van der Waals surface area contributed by atoms with Gasteiger partial charge in [0.1, 0.15) is 0 Å². The van der Waals surface area contributed by atoms with Gasteiger partial charge in [-0.15, -0.1) is 0 Å². The number of hydrogen-bond acceptors (Lipinski definition) is 5. The Hall–Kier alpha value is -2.01. The fraction of sp³-hybridized carbons (Fsp3) is 0.619. The summed E-state index contributed by atoms with van der Waals surface area (Å²) in [5, 5.41) is 2.85. The van der Waals surface area contributed by atoms with Gasteiger partial charge in [-0.3, -0.25) is 14.5 Å². The van der Waals surface area contributed by atoms with Crippen LogP contribution in [0.4, 0.5) is 5.69 Å². The topological polar surface area (TPSA) is 93.3 Å².